The van der Waals surface area contributed by atoms with E-state index in [0.29, 0.717) is 0 Å². The zero-order valence-corrected chi connectivity index (χ0v) is 46.9. The van der Waals surface area contributed by atoms with Crippen LogP contribution in [0.25, 0.3) is 16.9 Å². The number of nitrogens with zero attached hydrogens (tertiary/aromatic N) is 2. The molecule has 0 saturated carbocycles. The molecule has 2 heteroatoms. The van der Waals surface area contributed by atoms with Crippen LogP contribution in [0.1, 0.15) is 331 Å². The lowest BCUT2D eigenvalue weighted by Gasteiger charge is -2.20. The number of benzene rings is 2. The standard InChI is InChI=1S/C66H112N2/c1-9-17-22-24-25-26-27-28-29-30-31-32-33-34-35-36-37-42-50-64-63(49-41-23-18-10-2)65(59-51-55(43-14-6)61(45-16-8)56(52-59)44-15-7)68(67)66(64)60-53-57(46-38-19-11-3)62(48-40-21-13-5)58(54-60)47-39-20-12-4/h51-54H,9-50H2,1-8H3. The van der Waals surface area contributed by atoms with E-state index in [9.17, 15) is 5.53 Å². The summed E-state index contributed by atoms with van der Waals surface area (Å²) in [6.45, 7) is 18.7. The van der Waals surface area contributed by atoms with E-state index in [2.05, 4.69) is 79.7 Å². The molecule has 2 aromatic carbocycles. The van der Waals surface area contributed by atoms with E-state index < -0.39 is 0 Å². The van der Waals surface area contributed by atoms with Crippen molar-refractivity contribution in [2.45, 2.75) is 325 Å². The topological polar surface area (TPSA) is 25.3 Å². The molecule has 386 valence electrons. The summed E-state index contributed by atoms with van der Waals surface area (Å²) in [7, 11) is 0. The minimum atomic E-state index is 1.05. The van der Waals surface area contributed by atoms with E-state index in [1.165, 1.54) is 245 Å². The Kier molecular flexibility index (Phi) is 33.6. The summed E-state index contributed by atoms with van der Waals surface area (Å²) in [6, 6.07) is 10.2. The van der Waals surface area contributed by atoms with Crippen LogP contribution in [0.2, 0.25) is 0 Å². The van der Waals surface area contributed by atoms with Gasteiger partial charge in [0.2, 0.25) is 11.4 Å². The quantitative estimate of drug-likeness (QED) is 0.0467. The summed E-state index contributed by atoms with van der Waals surface area (Å²) < 4.78 is 1.76. The Morgan fingerprint density at radius 3 is 0.853 bits per heavy atom. The maximum Gasteiger partial charge on any atom is 0.211 e. The molecule has 1 heterocycles. The Bertz CT molecular complexity index is 1650. The molecule has 1 aliphatic rings. The number of rotatable bonds is 44. The molecule has 3 rings (SSSR count). The molecule has 0 amide bonds. The highest BCUT2D eigenvalue weighted by Crippen LogP contribution is 2.46. The van der Waals surface area contributed by atoms with Gasteiger partial charge in [0, 0.05) is 22.3 Å². The van der Waals surface area contributed by atoms with Crippen molar-refractivity contribution < 1.29 is 4.70 Å². The van der Waals surface area contributed by atoms with Gasteiger partial charge in [-0.05, 0) is 141 Å². The molecule has 0 unspecified atom stereocenters. The molecule has 0 saturated heterocycles. The van der Waals surface area contributed by atoms with Crippen molar-refractivity contribution in [1.82, 2.24) is 0 Å². The third-order valence-corrected chi connectivity index (χ3v) is 15.5. The molecule has 0 radical (unpaired) electrons. The van der Waals surface area contributed by atoms with E-state index in [4.69, 9.17) is 0 Å². The van der Waals surface area contributed by atoms with Gasteiger partial charge in [-0.2, -0.15) is 0 Å². The van der Waals surface area contributed by atoms with Crippen LogP contribution in [-0.2, 0) is 38.5 Å². The average molecular weight is 934 g/mol. The molecule has 1 aliphatic heterocycles. The zero-order chi connectivity index (χ0) is 49.0. The molecule has 2 nitrogen and oxygen atoms in total. The highest BCUT2D eigenvalue weighted by atomic mass is 15.2. The Hall–Kier alpha value is -2.48. The first-order chi connectivity index (χ1) is 33.4. The Balaban J connectivity index is 2.00. The van der Waals surface area contributed by atoms with Crippen LogP contribution in [0.3, 0.4) is 0 Å². The molecule has 68 heavy (non-hydrogen) atoms. The van der Waals surface area contributed by atoms with Crippen LogP contribution in [-0.4, -0.2) is 4.70 Å². The lowest BCUT2D eigenvalue weighted by atomic mass is 9.86. The number of allylic oxidation sites excluding steroid dienone is 2. The van der Waals surface area contributed by atoms with E-state index >= 15 is 0 Å². The molecule has 0 fully saturated rings. The molecular formula is C66H112N2. The van der Waals surface area contributed by atoms with Gasteiger partial charge in [0.15, 0.2) is 0 Å². The van der Waals surface area contributed by atoms with Crippen molar-refractivity contribution in [3.63, 3.8) is 0 Å². The predicted octanol–water partition coefficient (Wildman–Crippen LogP) is 22.3. The number of hydrogen-bond acceptors (Lipinski definition) is 0. The van der Waals surface area contributed by atoms with Crippen molar-refractivity contribution in [2.75, 3.05) is 0 Å². The van der Waals surface area contributed by atoms with Crippen molar-refractivity contribution in [3.05, 3.63) is 85.5 Å². The average Bonchev–Trinajstić information content (AvgIpc) is 3.61. The highest BCUT2D eigenvalue weighted by Gasteiger charge is 2.36. The third kappa shape index (κ3) is 21.5. The first-order valence-electron chi connectivity index (χ1n) is 30.7. The van der Waals surface area contributed by atoms with Crippen LogP contribution in [0, 0.1) is 0 Å². The fraction of sp³-hybridized carbons (Fsp3) is 0.758. The second-order valence-electron chi connectivity index (χ2n) is 21.7. The first kappa shape index (κ1) is 59.8. The summed E-state index contributed by atoms with van der Waals surface area (Å²) in [6.07, 6.45) is 54.1. The zero-order valence-electron chi connectivity index (χ0n) is 46.9. The molecule has 2 aromatic rings. The summed E-state index contributed by atoms with van der Waals surface area (Å²) in [5.74, 6) is 0. The van der Waals surface area contributed by atoms with Gasteiger partial charge in [-0.1, -0.05) is 242 Å². The monoisotopic (exact) mass is 933 g/mol. The Morgan fingerprint density at radius 1 is 0.265 bits per heavy atom. The van der Waals surface area contributed by atoms with Gasteiger partial charge in [-0.3, -0.25) is 0 Å². The van der Waals surface area contributed by atoms with Crippen LogP contribution >= 0.6 is 0 Å². The van der Waals surface area contributed by atoms with Gasteiger partial charge < -0.3 is 5.53 Å². The molecule has 0 atom stereocenters. The smallest absolute Gasteiger partial charge is 0.211 e. The minimum Gasteiger partial charge on any atom is -0.493 e. The molecule has 0 bridgehead atoms. The Morgan fingerprint density at radius 2 is 0.515 bits per heavy atom. The predicted molar refractivity (Wildman–Crippen MR) is 304 cm³/mol. The van der Waals surface area contributed by atoms with Gasteiger partial charge in [-0.25, -0.2) is 4.70 Å². The van der Waals surface area contributed by atoms with E-state index in [1.807, 2.05) is 0 Å². The molecule has 0 spiro atoms. The van der Waals surface area contributed by atoms with Crippen LogP contribution in [0.15, 0.2) is 35.4 Å². The summed E-state index contributed by atoms with van der Waals surface area (Å²) in [4.78, 5) is 0. The second-order valence-corrected chi connectivity index (χ2v) is 21.7. The lowest BCUT2D eigenvalue weighted by Crippen LogP contribution is -2.09. The molecular weight excluding hydrogens is 821 g/mol. The number of aryl methyl sites for hydroxylation is 4. The highest BCUT2D eigenvalue weighted by molar-refractivity contribution is 5.83. The molecule has 0 aromatic heterocycles. The number of hydrogen-bond donors (Lipinski definition) is 0. The van der Waals surface area contributed by atoms with E-state index in [0.717, 1.165) is 69.2 Å². The normalized spacial score (nSPS) is 13.0. The van der Waals surface area contributed by atoms with Crippen LogP contribution < -0.4 is 0 Å². The second kappa shape index (κ2) is 38.2. The summed E-state index contributed by atoms with van der Waals surface area (Å²) >= 11 is 0. The fourth-order valence-corrected chi connectivity index (χ4v) is 11.6. The molecule has 0 aliphatic carbocycles. The fourth-order valence-electron chi connectivity index (χ4n) is 11.6. The molecule has 0 N–H and O–H groups in total. The van der Waals surface area contributed by atoms with E-state index in [1.54, 1.807) is 27.0 Å². The van der Waals surface area contributed by atoms with E-state index in [-0.39, 0.29) is 0 Å². The van der Waals surface area contributed by atoms with Gasteiger partial charge in [0.05, 0.1) is 0 Å². The first-order valence-corrected chi connectivity index (χ1v) is 30.7. The van der Waals surface area contributed by atoms with Crippen molar-refractivity contribution in [1.29, 1.82) is 0 Å². The minimum absolute atomic E-state index is 1.05. The van der Waals surface area contributed by atoms with Gasteiger partial charge in [0.25, 0.3) is 0 Å². The SMILES string of the molecule is CCCCCCCCCCCCCCCCCCCCC1=C(c2cc(CCCCC)c(CCCCC)c(CCCCC)c2)[N+](=[N-])C(c2cc(CCC)c(CCC)c(CCC)c2)=C1CCCCCC. The van der Waals surface area contributed by atoms with Crippen molar-refractivity contribution in [2.24, 2.45) is 0 Å². The third-order valence-electron chi connectivity index (χ3n) is 15.5. The van der Waals surface area contributed by atoms with Crippen LogP contribution in [0.4, 0.5) is 0 Å². The van der Waals surface area contributed by atoms with Gasteiger partial charge >= 0.3 is 0 Å². The van der Waals surface area contributed by atoms with Crippen molar-refractivity contribution >= 4 is 11.4 Å². The van der Waals surface area contributed by atoms with Crippen molar-refractivity contribution in [3.8, 4) is 0 Å². The van der Waals surface area contributed by atoms with Crippen LogP contribution in [0.5, 0.6) is 0 Å². The summed E-state index contributed by atoms with van der Waals surface area (Å²) in [5, 5.41) is 0. The summed E-state index contributed by atoms with van der Waals surface area (Å²) in [5.41, 5.74) is 30.3. The lowest BCUT2D eigenvalue weighted by molar-refractivity contribution is -0.345. The van der Waals surface area contributed by atoms with Gasteiger partial charge in [-0.15, -0.1) is 0 Å². The largest absolute Gasteiger partial charge is 0.493 e. The van der Waals surface area contributed by atoms with Gasteiger partial charge in [0.1, 0.15) is 0 Å². The maximum atomic E-state index is 13.1. The number of unbranched alkanes of at least 4 members (excludes halogenated alkanes) is 26. The maximum absolute atomic E-state index is 13.1. The Labute approximate surface area is 424 Å².